The van der Waals surface area contributed by atoms with Gasteiger partial charge in [0.2, 0.25) is 0 Å². The Bertz CT molecular complexity index is 587. The fourth-order valence-electron chi connectivity index (χ4n) is 3.17. The topological polar surface area (TPSA) is 43.8 Å². The maximum absolute atomic E-state index is 6.29. The number of nitrogens with zero attached hydrogens (tertiary/aromatic N) is 2. The van der Waals surface area contributed by atoms with Gasteiger partial charge in [-0.3, -0.25) is 4.68 Å². The van der Waals surface area contributed by atoms with E-state index in [1.165, 1.54) is 31.2 Å². The summed E-state index contributed by atoms with van der Waals surface area (Å²) >= 11 is 3.50. The van der Waals surface area contributed by atoms with Crippen molar-refractivity contribution in [3.8, 4) is 0 Å². The maximum atomic E-state index is 6.29. The second kappa shape index (κ2) is 6.75. The summed E-state index contributed by atoms with van der Waals surface area (Å²) in [6, 6.07) is 11.2. The molecule has 0 radical (unpaired) electrons. The van der Waals surface area contributed by atoms with E-state index in [1.807, 2.05) is 6.07 Å². The predicted molar refractivity (Wildman–Crippen MR) is 89.3 cm³/mol. The SMILES string of the molecule is NC(Cc1cccc(Br)c1)Cc1ccn(C2CCCC2)n1. The highest BCUT2D eigenvalue weighted by atomic mass is 79.9. The van der Waals surface area contributed by atoms with E-state index >= 15 is 0 Å². The minimum Gasteiger partial charge on any atom is -0.327 e. The van der Waals surface area contributed by atoms with Crippen molar-refractivity contribution in [2.45, 2.75) is 50.6 Å². The molecule has 1 heterocycles. The van der Waals surface area contributed by atoms with Crippen molar-refractivity contribution in [1.82, 2.24) is 9.78 Å². The number of halogens is 1. The largest absolute Gasteiger partial charge is 0.327 e. The first-order valence-corrected chi connectivity index (χ1v) is 8.54. The van der Waals surface area contributed by atoms with E-state index in [9.17, 15) is 0 Å². The Morgan fingerprint density at radius 1 is 1.24 bits per heavy atom. The van der Waals surface area contributed by atoms with Gasteiger partial charge in [-0.2, -0.15) is 5.10 Å². The molecule has 1 aromatic heterocycles. The number of nitrogens with two attached hydrogens (primary N) is 1. The average Bonchev–Trinajstić information content (AvgIpc) is 3.08. The van der Waals surface area contributed by atoms with Crippen LogP contribution >= 0.6 is 15.9 Å². The lowest BCUT2D eigenvalue weighted by atomic mass is 10.0. The third-order valence-corrected chi connectivity index (χ3v) is 4.71. The Hall–Kier alpha value is -1.13. The number of hydrogen-bond donors (Lipinski definition) is 1. The van der Waals surface area contributed by atoms with E-state index in [0.717, 1.165) is 23.0 Å². The summed E-state index contributed by atoms with van der Waals surface area (Å²) in [7, 11) is 0. The van der Waals surface area contributed by atoms with Gasteiger partial charge in [-0.1, -0.05) is 40.9 Å². The molecule has 1 aliphatic rings. The van der Waals surface area contributed by atoms with E-state index in [0.29, 0.717) is 6.04 Å². The molecule has 0 spiro atoms. The quantitative estimate of drug-likeness (QED) is 0.891. The first-order chi connectivity index (χ1) is 10.2. The van der Waals surface area contributed by atoms with Crippen LogP contribution < -0.4 is 5.73 Å². The standard InChI is InChI=1S/C17H22BrN3/c18-14-5-3-4-13(10-14)11-15(19)12-16-8-9-21(20-16)17-6-1-2-7-17/h3-5,8-10,15,17H,1-2,6-7,11-12,19H2. The van der Waals surface area contributed by atoms with Crippen molar-refractivity contribution >= 4 is 15.9 Å². The molecule has 3 rings (SSSR count). The van der Waals surface area contributed by atoms with Gasteiger partial charge in [0.25, 0.3) is 0 Å². The lowest BCUT2D eigenvalue weighted by Crippen LogP contribution is -2.25. The molecular formula is C17H22BrN3. The van der Waals surface area contributed by atoms with Crippen LogP contribution in [0.4, 0.5) is 0 Å². The monoisotopic (exact) mass is 347 g/mol. The average molecular weight is 348 g/mol. The zero-order chi connectivity index (χ0) is 14.7. The maximum Gasteiger partial charge on any atom is 0.0640 e. The zero-order valence-electron chi connectivity index (χ0n) is 12.2. The van der Waals surface area contributed by atoms with Crippen LogP contribution in [0.1, 0.15) is 43.0 Å². The van der Waals surface area contributed by atoms with Gasteiger partial charge in [0.05, 0.1) is 11.7 Å². The van der Waals surface area contributed by atoms with E-state index in [4.69, 9.17) is 10.8 Å². The third-order valence-electron chi connectivity index (χ3n) is 4.22. The van der Waals surface area contributed by atoms with Crippen molar-refractivity contribution in [3.05, 3.63) is 52.3 Å². The zero-order valence-corrected chi connectivity index (χ0v) is 13.8. The smallest absolute Gasteiger partial charge is 0.0640 e. The summed E-state index contributed by atoms with van der Waals surface area (Å²) in [4.78, 5) is 0. The van der Waals surface area contributed by atoms with Crippen LogP contribution in [0.15, 0.2) is 41.0 Å². The van der Waals surface area contributed by atoms with Gasteiger partial charge in [0.15, 0.2) is 0 Å². The summed E-state index contributed by atoms with van der Waals surface area (Å²) in [6.07, 6.45) is 9.06. The van der Waals surface area contributed by atoms with Crippen molar-refractivity contribution in [1.29, 1.82) is 0 Å². The lowest BCUT2D eigenvalue weighted by molar-refractivity contribution is 0.461. The number of aromatic nitrogens is 2. The number of rotatable bonds is 5. The van der Waals surface area contributed by atoms with Crippen LogP contribution in [-0.2, 0) is 12.8 Å². The molecule has 3 nitrogen and oxygen atoms in total. The van der Waals surface area contributed by atoms with Crippen molar-refractivity contribution < 1.29 is 0 Å². The van der Waals surface area contributed by atoms with Crippen molar-refractivity contribution in [2.24, 2.45) is 5.73 Å². The Morgan fingerprint density at radius 3 is 2.81 bits per heavy atom. The molecule has 0 amide bonds. The summed E-state index contributed by atoms with van der Waals surface area (Å²) < 4.78 is 3.26. The molecule has 112 valence electrons. The highest BCUT2D eigenvalue weighted by Gasteiger charge is 2.18. The van der Waals surface area contributed by atoms with Gasteiger partial charge in [-0.25, -0.2) is 0 Å². The third kappa shape index (κ3) is 3.95. The van der Waals surface area contributed by atoms with Crippen LogP contribution in [0.5, 0.6) is 0 Å². The summed E-state index contributed by atoms with van der Waals surface area (Å²) in [6.45, 7) is 0. The van der Waals surface area contributed by atoms with Crippen molar-refractivity contribution in [2.75, 3.05) is 0 Å². The molecule has 2 N–H and O–H groups in total. The Labute approximate surface area is 134 Å². The number of hydrogen-bond acceptors (Lipinski definition) is 2. The Kier molecular flexibility index (Phi) is 4.76. The highest BCUT2D eigenvalue weighted by molar-refractivity contribution is 9.10. The molecule has 0 aliphatic heterocycles. The second-order valence-corrected chi connectivity index (χ2v) is 6.94. The van der Waals surface area contributed by atoms with E-state index in [1.54, 1.807) is 0 Å². The molecule has 21 heavy (non-hydrogen) atoms. The molecule has 1 saturated carbocycles. The lowest BCUT2D eigenvalue weighted by Gasteiger charge is -2.11. The minimum absolute atomic E-state index is 0.117. The molecule has 1 atom stereocenters. The molecular weight excluding hydrogens is 326 g/mol. The Balaban J connectivity index is 1.58. The molecule has 0 saturated heterocycles. The predicted octanol–water partition coefficient (Wildman–Crippen LogP) is 3.87. The van der Waals surface area contributed by atoms with Crippen LogP contribution in [0, 0.1) is 0 Å². The second-order valence-electron chi connectivity index (χ2n) is 6.02. The van der Waals surface area contributed by atoms with Crippen LogP contribution in [0.25, 0.3) is 0 Å². The number of benzene rings is 1. The van der Waals surface area contributed by atoms with Gasteiger partial charge >= 0.3 is 0 Å². The van der Waals surface area contributed by atoms with Crippen LogP contribution in [0.2, 0.25) is 0 Å². The van der Waals surface area contributed by atoms with E-state index in [2.05, 4.69) is 51.1 Å². The van der Waals surface area contributed by atoms with Gasteiger partial charge in [0.1, 0.15) is 0 Å². The molecule has 2 aromatic rings. The van der Waals surface area contributed by atoms with Gasteiger partial charge in [0, 0.05) is 23.1 Å². The normalized spacial score (nSPS) is 17.2. The summed E-state index contributed by atoms with van der Waals surface area (Å²) in [5.74, 6) is 0. The fraction of sp³-hybridized carbons (Fsp3) is 0.471. The van der Waals surface area contributed by atoms with Gasteiger partial charge in [-0.15, -0.1) is 0 Å². The first kappa shape index (κ1) is 14.8. The molecule has 0 bridgehead atoms. The first-order valence-electron chi connectivity index (χ1n) is 7.75. The highest BCUT2D eigenvalue weighted by Crippen LogP contribution is 2.28. The van der Waals surface area contributed by atoms with E-state index in [-0.39, 0.29) is 6.04 Å². The molecule has 1 unspecified atom stereocenters. The van der Waals surface area contributed by atoms with Crippen LogP contribution in [0.3, 0.4) is 0 Å². The molecule has 1 aromatic carbocycles. The Morgan fingerprint density at radius 2 is 2.05 bits per heavy atom. The minimum atomic E-state index is 0.117. The van der Waals surface area contributed by atoms with Gasteiger partial charge in [-0.05, 0) is 43.0 Å². The van der Waals surface area contributed by atoms with E-state index < -0.39 is 0 Å². The molecule has 4 heteroatoms. The fourth-order valence-corrected chi connectivity index (χ4v) is 3.61. The summed E-state index contributed by atoms with van der Waals surface area (Å²) in [5, 5.41) is 4.72. The molecule has 1 aliphatic carbocycles. The summed E-state index contributed by atoms with van der Waals surface area (Å²) in [5.41, 5.74) is 8.67. The van der Waals surface area contributed by atoms with Crippen molar-refractivity contribution in [3.63, 3.8) is 0 Å². The van der Waals surface area contributed by atoms with Gasteiger partial charge < -0.3 is 5.73 Å². The molecule has 1 fully saturated rings. The van der Waals surface area contributed by atoms with Crippen LogP contribution in [-0.4, -0.2) is 15.8 Å².